The van der Waals surface area contributed by atoms with Crippen LogP contribution in [0.15, 0.2) is 0 Å². The Kier molecular flexibility index (Phi) is 3.76. The van der Waals surface area contributed by atoms with Crippen molar-refractivity contribution in [1.29, 1.82) is 0 Å². The fourth-order valence-corrected chi connectivity index (χ4v) is 3.22. The van der Waals surface area contributed by atoms with Gasteiger partial charge in [0.15, 0.2) is 0 Å². The summed E-state index contributed by atoms with van der Waals surface area (Å²) in [4.78, 5) is 14.6. The number of carbonyl (C=O) groups excluding carboxylic acids is 1. The molecule has 0 bridgehead atoms. The van der Waals surface area contributed by atoms with Crippen molar-refractivity contribution in [3.8, 4) is 0 Å². The molecule has 3 nitrogen and oxygen atoms in total. The lowest BCUT2D eigenvalue weighted by atomic mass is 9.84. The zero-order valence-corrected chi connectivity index (χ0v) is 11.5. The van der Waals surface area contributed by atoms with E-state index >= 15 is 0 Å². The maximum Gasteiger partial charge on any atom is 0.229 e. The molecule has 0 aromatic carbocycles. The Hall–Kier alpha value is -0.570. The lowest BCUT2D eigenvalue weighted by molar-refractivity contribution is -0.141. The first kappa shape index (κ1) is 12.9. The van der Waals surface area contributed by atoms with Crippen molar-refractivity contribution in [3.05, 3.63) is 0 Å². The monoisotopic (exact) mass is 238 g/mol. The van der Waals surface area contributed by atoms with Gasteiger partial charge in [0, 0.05) is 19.6 Å². The van der Waals surface area contributed by atoms with E-state index in [0.717, 1.165) is 25.4 Å². The molecule has 98 valence electrons. The maximum absolute atomic E-state index is 12.5. The first-order valence-corrected chi connectivity index (χ1v) is 7.01. The molecule has 1 heterocycles. The Morgan fingerprint density at radius 1 is 1.29 bits per heavy atom. The topological polar surface area (TPSA) is 32.3 Å². The number of hydrogen-bond acceptors (Lipinski definition) is 2. The Bertz CT molecular complexity index is 276. The number of hydrogen-bond donors (Lipinski definition) is 1. The van der Waals surface area contributed by atoms with Crippen molar-refractivity contribution in [2.75, 3.05) is 20.1 Å². The summed E-state index contributed by atoms with van der Waals surface area (Å²) in [5.41, 5.74) is -0.155. The predicted octanol–water partition coefficient (Wildman–Crippen LogP) is 2.02. The predicted molar refractivity (Wildman–Crippen MR) is 69.8 cm³/mol. The fourth-order valence-electron chi connectivity index (χ4n) is 3.22. The van der Waals surface area contributed by atoms with Crippen LogP contribution in [0.25, 0.3) is 0 Å². The van der Waals surface area contributed by atoms with E-state index in [0.29, 0.717) is 11.9 Å². The van der Waals surface area contributed by atoms with Gasteiger partial charge in [0.2, 0.25) is 5.91 Å². The summed E-state index contributed by atoms with van der Waals surface area (Å²) >= 11 is 0. The van der Waals surface area contributed by atoms with Gasteiger partial charge in [-0.3, -0.25) is 4.79 Å². The van der Waals surface area contributed by atoms with Crippen LogP contribution in [0, 0.1) is 11.3 Å². The second kappa shape index (κ2) is 4.97. The second-order valence-electron chi connectivity index (χ2n) is 6.32. The first-order valence-electron chi connectivity index (χ1n) is 7.01. The van der Waals surface area contributed by atoms with Crippen molar-refractivity contribution in [1.82, 2.24) is 10.2 Å². The summed E-state index contributed by atoms with van der Waals surface area (Å²) in [6.45, 7) is 6.26. The molecule has 1 saturated heterocycles. The molecule has 1 saturated carbocycles. The van der Waals surface area contributed by atoms with Crippen LogP contribution in [0.2, 0.25) is 0 Å². The molecule has 1 N–H and O–H groups in total. The average Bonchev–Trinajstić information content (AvgIpc) is 2.76. The number of carbonyl (C=O) groups is 1. The maximum atomic E-state index is 12.5. The van der Waals surface area contributed by atoms with Crippen LogP contribution in [-0.2, 0) is 4.79 Å². The van der Waals surface area contributed by atoms with E-state index in [2.05, 4.69) is 19.2 Å². The van der Waals surface area contributed by atoms with Crippen LogP contribution in [0.4, 0.5) is 0 Å². The second-order valence-corrected chi connectivity index (χ2v) is 6.32. The average molecular weight is 238 g/mol. The van der Waals surface area contributed by atoms with Gasteiger partial charge in [-0.05, 0) is 51.5 Å². The molecule has 0 aromatic heterocycles. The van der Waals surface area contributed by atoms with Gasteiger partial charge < -0.3 is 10.2 Å². The molecule has 2 rings (SSSR count). The molecular weight excluding hydrogens is 212 g/mol. The van der Waals surface area contributed by atoms with E-state index in [9.17, 15) is 4.79 Å². The normalized spacial score (nSPS) is 38.1. The van der Waals surface area contributed by atoms with Crippen molar-refractivity contribution in [2.24, 2.45) is 11.3 Å². The van der Waals surface area contributed by atoms with Gasteiger partial charge in [-0.25, -0.2) is 0 Å². The summed E-state index contributed by atoms with van der Waals surface area (Å²) < 4.78 is 0. The van der Waals surface area contributed by atoms with Crippen LogP contribution in [0.3, 0.4) is 0 Å². The highest BCUT2D eigenvalue weighted by atomic mass is 16.2. The van der Waals surface area contributed by atoms with E-state index in [1.54, 1.807) is 0 Å². The molecule has 1 atom stereocenters. The van der Waals surface area contributed by atoms with Crippen molar-refractivity contribution in [3.63, 3.8) is 0 Å². The molecule has 3 heteroatoms. The highest BCUT2D eigenvalue weighted by Gasteiger charge is 2.40. The quantitative estimate of drug-likeness (QED) is 0.798. The molecule has 1 aliphatic heterocycles. The van der Waals surface area contributed by atoms with Gasteiger partial charge in [0.1, 0.15) is 0 Å². The van der Waals surface area contributed by atoms with Gasteiger partial charge in [-0.15, -0.1) is 0 Å². The van der Waals surface area contributed by atoms with E-state index in [1.165, 1.54) is 25.7 Å². The fraction of sp³-hybridized carbons (Fsp3) is 0.929. The smallest absolute Gasteiger partial charge is 0.229 e. The molecule has 1 amide bonds. The summed E-state index contributed by atoms with van der Waals surface area (Å²) in [5, 5.41) is 3.31. The molecular formula is C14H26N2O. The summed E-state index contributed by atoms with van der Waals surface area (Å²) in [7, 11) is 2.01. The number of nitrogens with zero attached hydrogens (tertiary/aromatic N) is 1. The summed E-state index contributed by atoms with van der Waals surface area (Å²) in [5.74, 6) is 1.19. The molecule has 0 spiro atoms. The van der Waals surface area contributed by atoms with Crippen LogP contribution in [0.1, 0.15) is 46.0 Å². The van der Waals surface area contributed by atoms with Crippen molar-refractivity contribution in [2.45, 2.75) is 52.0 Å². The minimum absolute atomic E-state index is 0.155. The third kappa shape index (κ3) is 2.65. The zero-order chi connectivity index (χ0) is 12.5. The SMILES string of the molecule is CC1CCC(N(C)C(=O)C2(C)CCNC2)CC1. The number of amides is 1. The van der Waals surface area contributed by atoms with E-state index in [4.69, 9.17) is 0 Å². The first-order chi connectivity index (χ1) is 8.03. The van der Waals surface area contributed by atoms with Gasteiger partial charge in [0.05, 0.1) is 5.41 Å². The highest BCUT2D eigenvalue weighted by molar-refractivity contribution is 5.83. The summed E-state index contributed by atoms with van der Waals surface area (Å²) in [6, 6.07) is 0.483. The molecule has 1 unspecified atom stereocenters. The Morgan fingerprint density at radius 2 is 1.94 bits per heavy atom. The third-order valence-electron chi connectivity index (χ3n) is 4.74. The van der Waals surface area contributed by atoms with Gasteiger partial charge in [0.25, 0.3) is 0 Å². The van der Waals surface area contributed by atoms with Gasteiger partial charge in [-0.2, -0.15) is 0 Å². The number of rotatable bonds is 2. The van der Waals surface area contributed by atoms with Crippen LogP contribution in [-0.4, -0.2) is 37.0 Å². The Labute approximate surface area is 105 Å². The Balaban J connectivity index is 1.95. The lowest BCUT2D eigenvalue weighted by Crippen LogP contribution is -2.47. The molecule has 1 aliphatic carbocycles. The molecule has 17 heavy (non-hydrogen) atoms. The van der Waals surface area contributed by atoms with Crippen LogP contribution in [0.5, 0.6) is 0 Å². The largest absolute Gasteiger partial charge is 0.342 e. The van der Waals surface area contributed by atoms with E-state index in [1.807, 2.05) is 11.9 Å². The highest BCUT2D eigenvalue weighted by Crippen LogP contribution is 2.31. The molecule has 0 radical (unpaired) electrons. The van der Waals surface area contributed by atoms with Crippen LogP contribution < -0.4 is 5.32 Å². The van der Waals surface area contributed by atoms with Crippen molar-refractivity contribution >= 4 is 5.91 Å². The minimum Gasteiger partial charge on any atom is -0.342 e. The molecule has 2 aliphatic rings. The van der Waals surface area contributed by atoms with E-state index < -0.39 is 0 Å². The van der Waals surface area contributed by atoms with Crippen LogP contribution >= 0.6 is 0 Å². The standard InChI is InChI=1S/C14H26N2O/c1-11-4-6-12(7-5-11)16(3)13(17)14(2)8-9-15-10-14/h11-12,15H,4-10H2,1-3H3. The zero-order valence-electron chi connectivity index (χ0n) is 11.5. The molecule has 0 aromatic rings. The Morgan fingerprint density at radius 3 is 2.47 bits per heavy atom. The van der Waals surface area contributed by atoms with Gasteiger partial charge >= 0.3 is 0 Å². The van der Waals surface area contributed by atoms with E-state index in [-0.39, 0.29) is 5.41 Å². The summed E-state index contributed by atoms with van der Waals surface area (Å²) in [6.07, 6.45) is 5.91. The third-order valence-corrected chi connectivity index (χ3v) is 4.74. The minimum atomic E-state index is -0.155. The molecule has 2 fully saturated rings. The lowest BCUT2D eigenvalue weighted by Gasteiger charge is -2.37. The number of nitrogens with one attached hydrogen (secondary N) is 1. The van der Waals surface area contributed by atoms with Gasteiger partial charge in [-0.1, -0.05) is 6.92 Å². The van der Waals surface area contributed by atoms with Crippen molar-refractivity contribution < 1.29 is 4.79 Å².